The van der Waals surface area contributed by atoms with Crippen LogP contribution >= 0.6 is 0 Å². The molecule has 20 heavy (non-hydrogen) atoms. The van der Waals surface area contributed by atoms with Crippen LogP contribution in [0.1, 0.15) is 30.0 Å². The van der Waals surface area contributed by atoms with Crippen molar-refractivity contribution < 1.29 is 4.79 Å². The standard InChI is InChI=1S/C15H20N4O/c1-3-16-15(20)12-6-5-7-13(10-12)18-11-14-17-8-9-19(14)4-2/h5-10,18H,3-4,11H2,1-2H3,(H,16,20). The maximum atomic E-state index is 11.8. The van der Waals surface area contributed by atoms with Crippen LogP contribution in [0, 0.1) is 0 Å². The van der Waals surface area contributed by atoms with E-state index in [9.17, 15) is 4.79 Å². The number of imidazole rings is 1. The highest BCUT2D eigenvalue weighted by Crippen LogP contribution is 2.12. The molecule has 0 bridgehead atoms. The molecule has 106 valence electrons. The zero-order valence-electron chi connectivity index (χ0n) is 11.9. The molecule has 2 rings (SSSR count). The molecule has 2 N–H and O–H groups in total. The summed E-state index contributed by atoms with van der Waals surface area (Å²) >= 11 is 0. The molecule has 2 aromatic rings. The summed E-state index contributed by atoms with van der Waals surface area (Å²) in [5, 5.41) is 6.09. The Hall–Kier alpha value is -2.30. The number of carbonyl (C=O) groups excluding carboxylic acids is 1. The first-order chi connectivity index (χ1) is 9.74. The van der Waals surface area contributed by atoms with Gasteiger partial charge in [-0.1, -0.05) is 6.07 Å². The number of aryl methyl sites for hydroxylation is 1. The molecule has 0 saturated carbocycles. The number of hydrogen-bond donors (Lipinski definition) is 2. The van der Waals surface area contributed by atoms with Gasteiger partial charge in [-0.15, -0.1) is 0 Å². The van der Waals surface area contributed by atoms with Crippen molar-refractivity contribution in [2.45, 2.75) is 26.9 Å². The highest BCUT2D eigenvalue weighted by Gasteiger charge is 2.05. The fraction of sp³-hybridized carbons (Fsp3) is 0.333. The summed E-state index contributed by atoms with van der Waals surface area (Å²) in [6.07, 6.45) is 3.76. The number of nitrogens with zero attached hydrogens (tertiary/aromatic N) is 2. The molecule has 5 heteroatoms. The second kappa shape index (κ2) is 6.75. The molecule has 0 unspecified atom stereocenters. The molecule has 0 aliphatic carbocycles. The van der Waals surface area contributed by atoms with Crippen LogP contribution in [-0.4, -0.2) is 22.0 Å². The van der Waals surface area contributed by atoms with Crippen LogP contribution in [0.15, 0.2) is 36.7 Å². The van der Waals surface area contributed by atoms with E-state index in [4.69, 9.17) is 0 Å². The largest absolute Gasteiger partial charge is 0.378 e. The average Bonchev–Trinajstić information content (AvgIpc) is 2.93. The lowest BCUT2D eigenvalue weighted by atomic mass is 10.2. The van der Waals surface area contributed by atoms with Gasteiger partial charge in [-0.25, -0.2) is 4.98 Å². The Morgan fingerprint density at radius 3 is 2.95 bits per heavy atom. The van der Waals surface area contributed by atoms with E-state index in [1.807, 2.05) is 37.4 Å². The van der Waals surface area contributed by atoms with Crippen LogP contribution in [0.2, 0.25) is 0 Å². The van der Waals surface area contributed by atoms with E-state index in [1.54, 1.807) is 6.20 Å². The second-order valence-electron chi connectivity index (χ2n) is 4.42. The Morgan fingerprint density at radius 2 is 2.20 bits per heavy atom. The second-order valence-corrected chi connectivity index (χ2v) is 4.42. The Bertz CT molecular complexity index is 577. The van der Waals surface area contributed by atoms with Crippen LogP contribution in [0.5, 0.6) is 0 Å². The minimum atomic E-state index is -0.0498. The third-order valence-electron chi connectivity index (χ3n) is 3.06. The quantitative estimate of drug-likeness (QED) is 0.848. The lowest BCUT2D eigenvalue weighted by molar-refractivity contribution is 0.0956. The molecule has 0 spiro atoms. The van der Waals surface area contributed by atoms with Crippen LogP contribution in [0.3, 0.4) is 0 Å². The van der Waals surface area contributed by atoms with Crippen LogP contribution in [0.4, 0.5) is 5.69 Å². The molecule has 1 aromatic carbocycles. The lowest BCUT2D eigenvalue weighted by Crippen LogP contribution is -2.22. The number of rotatable bonds is 6. The molecule has 0 saturated heterocycles. The predicted molar refractivity (Wildman–Crippen MR) is 79.7 cm³/mol. The van der Waals surface area contributed by atoms with Crippen molar-refractivity contribution in [2.75, 3.05) is 11.9 Å². The van der Waals surface area contributed by atoms with Crippen molar-refractivity contribution in [3.63, 3.8) is 0 Å². The maximum absolute atomic E-state index is 11.8. The highest BCUT2D eigenvalue weighted by molar-refractivity contribution is 5.95. The van der Waals surface area contributed by atoms with Gasteiger partial charge in [0.05, 0.1) is 6.54 Å². The van der Waals surface area contributed by atoms with Gasteiger partial charge in [0, 0.05) is 36.7 Å². The smallest absolute Gasteiger partial charge is 0.251 e. The molecule has 0 radical (unpaired) electrons. The molecule has 0 fully saturated rings. The van der Waals surface area contributed by atoms with Crippen LogP contribution in [0.25, 0.3) is 0 Å². The number of benzene rings is 1. The van der Waals surface area contributed by atoms with Crippen LogP contribution in [-0.2, 0) is 13.1 Å². The first-order valence-corrected chi connectivity index (χ1v) is 6.86. The van der Waals surface area contributed by atoms with Crippen molar-refractivity contribution in [3.05, 3.63) is 48.0 Å². The van der Waals surface area contributed by atoms with E-state index in [-0.39, 0.29) is 5.91 Å². The van der Waals surface area contributed by atoms with Crippen molar-refractivity contribution in [1.29, 1.82) is 0 Å². The van der Waals surface area contributed by atoms with Gasteiger partial charge in [0.1, 0.15) is 5.82 Å². The zero-order chi connectivity index (χ0) is 14.4. The summed E-state index contributed by atoms with van der Waals surface area (Å²) in [5.41, 5.74) is 1.58. The summed E-state index contributed by atoms with van der Waals surface area (Å²) in [6, 6.07) is 7.48. The van der Waals surface area contributed by atoms with E-state index in [0.717, 1.165) is 18.1 Å². The first-order valence-electron chi connectivity index (χ1n) is 6.86. The minimum absolute atomic E-state index is 0.0498. The number of amides is 1. The molecule has 1 heterocycles. The predicted octanol–water partition coefficient (Wildman–Crippen LogP) is 2.26. The summed E-state index contributed by atoms with van der Waals surface area (Å²) < 4.78 is 2.08. The summed E-state index contributed by atoms with van der Waals surface area (Å²) in [5.74, 6) is 0.933. The molecule has 1 amide bonds. The van der Waals surface area contributed by atoms with E-state index >= 15 is 0 Å². The number of carbonyl (C=O) groups is 1. The van der Waals surface area contributed by atoms with Gasteiger partial charge in [0.15, 0.2) is 0 Å². The van der Waals surface area contributed by atoms with Gasteiger partial charge in [-0.2, -0.15) is 0 Å². The fourth-order valence-electron chi connectivity index (χ4n) is 2.01. The molecule has 0 aliphatic rings. The normalized spacial score (nSPS) is 10.3. The van der Waals surface area contributed by atoms with Crippen LogP contribution < -0.4 is 10.6 Å². The Morgan fingerprint density at radius 1 is 1.35 bits per heavy atom. The van der Waals surface area contributed by atoms with E-state index in [2.05, 4.69) is 27.1 Å². The average molecular weight is 272 g/mol. The monoisotopic (exact) mass is 272 g/mol. The molecular formula is C15H20N4O. The van der Waals surface area contributed by atoms with Gasteiger partial charge in [0.25, 0.3) is 5.91 Å². The summed E-state index contributed by atoms with van der Waals surface area (Å²) in [4.78, 5) is 16.1. The van der Waals surface area contributed by atoms with Crippen molar-refractivity contribution in [3.8, 4) is 0 Å². The van der Waals surface area contributed by atoms with Crippen molar-refractivity contribution in [1.82, 2.24) is 14.9 Å². The van der Waals surface area contributed by atoms with Gasteiger partial charge in [-0.3, -0.25) is 4.79 Å². The topological polar surface area (TPSA) is 59.0 Å². The molecule has 0 atom stereocenters. The Kier molecular flexibility index (Phi) is 4.76. The molecular weight excluding hydrogens is 252 g/mol. The Labute approximate surface area is 119 Å². The molecule has 1 aromatic heterocycles. The summed E-state index contributed by atoms with van der Waals surface area (Å²) in [6.45, 7) is 6.16. The lowest BCUT2D eigenvalue weighted by Gasteiger charge is -2.09. The third kappa shape index (κ3) is 3.38. The highest BCUT2D eigenvalue weighted by atomic mass is 16.1. The maximum Gasteiger partial charge on any atom is 0.251 e. The molecule has 5 nitrogen and oxygen atoms in total. The third-order valence-corrected chi connectivity index (χ3v) is 3.06. The van der Waals surface area contributed by atoms with Gasteiger partial charge in [-0.05, 0) is 32.0 Å². The van der Waals surface area contributed by atoms with E-state index < -0.39 is 0 Å². The number of hydrogen-bond acceptors (Lipinski definition) is 3. The first kappa shape index (κ1) is 14.1. The van der Waals surface area contributed by atoms with E-state index in [1.165, 1.54) is 0 Å². The van der Waals surface area contributed by atoms with Gasteiger partial charge < -0.3 is 15.2 Å². The minimum Gasteiger partial charge on any atom is -0.378 e. The SMILES string of the molecule is CCNC(=O)c1cccc(NCc2nccn2CC)c1. The summed E-state index contributed by atoms with van der Waals surface area (Å²) in [7, 11) is 0. The number of anilines is 1. The number of aromatic nitrogens is 2. The fourth-order valence-corrected chi connectivity index (χ4v) is 2.01. The zero-order valence-corrected chi connectivity index (χ0v) is 11.9. The number of nitrogens with one attached hydrogen (secondary N) is 2. The van der Waals surface area contributed by atoms with Gasteiger partial charge >= 0.3 is 0 Å². The Balaban J connectivity index is 2.03. The van der Waals surface area contributed by atoms with Gasteiger partial charge in [0.2, 0.25) is 0 Å². The van der Waals surface area contributed by atoms with Crippen molar-refractivity contribution in [2.24, 2.45) is 0 Å². The molecule has 0 aliphatic heterocycles. The van der Waals surface area contributed by atoms with Crippen molar-refractivity contribution >= 4 is 11.6 Å². The van der Waals surface area contributed by atoms with E-state index in [0.29, 0.717) is 18.7 Å².